The second-order valence-electron chi connectivity index (χ2n) is 5.62. The Morgan fingerprint density at radius 2 is 2.16 bits per heavy atom. The van der Waals surface area contributed by atoms with Crippen LogP contribution in [0.25, 0.3) is 0 Å². The van der Waals surface area contributed by atoms with Crippen LogP contribution in [0.15, 0.2) is 24.3 Å². The van der Waals surface area contributed by atoms with Gasteiger partial charge in [0, 0.05) is 31.9 Å². The topological polar surface area (TPSA) is 24.5 Å². The highest BCUT2D eigenvalue weighted by Gasteiger charge is 2.25. The monoisotopic (exact) mass is 262 g/mol. The highest BCUT2D eigenvalue weighted by atomic mass is 16.5. The van der Waals surface area contributed by atoms with Crippen LogP contribution in [-0.4, -0.2) is 33.8 Å². The summed E-state index contributed by atoms with van der Waals surface area (Å²) in [5, 5.41) is 3.42. The van der Waals surface area contributed by atoms with Crippen molar-refractivity contribution in [1.82, 2.24) is 5.32 Å². The molecule has 0 bridgehead atoms. The molecule has 3 nitrogen and oxygen atoms in total. The minimum absolute atomic E-state index is 0.691. The van der Waals surface area contributed by atoms with Crippen molar-refractivity contribution < 1.29 is 4.74 Å². The maximum Gasteiger partial charge on any atom is 0.121 e. The lowest BCUT2D eigenvalue weighted by Crippen LogP contribution is -2.29. The number of anilines is 1. The summed E-state index contributed by atoms with van der Waals surface area (Å²) in [6.07, 6.45) is 5.16. The molecule has 106 valence electrons. The second kappa shape index (κ2) is 6.80. The lowest BCUT2D eigenvalue weighted by atomic mass is 10.0. The molecular formula is C16H26N2O. The van der Waals surface area contributed by atoms with Crippen LogP contribution in [0.2, 0.25) is 0 Å². The van der Waals surface area contributed by atoms with E-state index >= 15 is 0 Å². The number of benzene rings is 1. The van der Waals surface area contributed by atoms with Gasteiger partial charge in [0.2, 0.25) is 0 Å². The van der Waals surface area contributed by atoms with Gasteiger partial charge in [-0.15, -0.1) is 0 Å². The van der Waals surface area contributed by atoms with Crippen molar-refractivity contribution in [1.29, 1.82) is 0 Å². The fourth-order valence-corrected chi connectivity index (χ4v) is 2.94. The molecule has 1 aliphatic carbocycles. The van der Waals surface area contributed by atoms with Gasteiger partial charge in [-0.1, -0.05) is 12.5 Å². The quantitative estimate of drug-likeness (QED) is 0.853. The van der Waals surface area contributed by atoms with E-state index in [1.54, 1.807) is 0 Å². The molecular weight excluding hydrogens is 236 g/mol. The van der Waals surface area contributed by atoms with Crippen LogP contribution in [0.4, 0.5) is 5.69 Å². The van der Waals surface area contributed by atoms with Gasteiger partial charge in [-0.2, -0.15) is 0 Å². The molecule has 1 N–H and O–H groups in total. The average molecular weight is 262 g/mol. The van der Waals surface area contributed by atoms with E-state index in [9.17, 15) is 0 Å². The predicted molar refractivity (Wildman–Crippen MR) is 81.1 cm³/mol. The van der Waals surface area contributed by atoms with E-state index < -0.39 is 0 Å². The van der Waals surface area contributed by atoms with Crippen LogP contribution in [0.5, 0.6) is 5.75 Å². The summed E-state index contributed by atoms with van der Waals surface area (Å²) in [4.78, 5) is 2.10. The summed E-state index contributed by atoms with van der Waals surface area (Å²) in [6.45, 7) is 0.819. The molecule has 1 aromatic carbocycles. The normalized spacial score (nSPS) is 22.5. The van der Waals surface area contributed by atoms with Crippen LogP contribution in [0.1, 0.15) is 25.7 Å². The van der Waals surface area contributed by atoms with E-state index in [1.807, 2.05) is 6.07 Å². The molecule has 0 aromatic heterocycles. The first-order valence-corrected chi connectivity index (χ1v) is 7.28. The molecule has 1 fully saturated rings. The van der Waals surface area contributed by atoms with Gasteiger partial charge in [0.05, 0.1) is 6.61 Å². The molecule has 2 rings (SSSR count). The third kappa shape index (κ3) is 3.87. The Hall–Kier alpha value is -1.22. The van der Waals surface area contributed by atoms with E-state index in [1.165, 1.54) is 24.9 Å². The number of nitrogens with one attached hydrogen (secondary N) is 1. The largest absolute Gasteiger partial charge is 0.494 e. The van der Waals surface area contributed by atoms with Gasteiger partial charge in [0.25, 0.3) is 0 Å². The number of rotatable bonds is 6. The average Bonchev–Trinajstić information content (AvgIpc) is 2.86. The summed E-state index contributed by atoms with van der Waals surface area (Å²) in [5.74, 6) is 1.76. The van der Waals surface area contributed by atoms with E-state index in [2.05, 4.69) is 49.6 Å². The van der Waals surface area contributed by atoms with Crippen molar-refractivity contribution in [3.05, 3.63) is 24.3 Å². The molecule has 1 aliphatic rings. The van der Waals surface area contributed by atoms with E-state index in [0.29, 0.717) is 6.04 Å². The highest BCUT2D eigenvalue weighted by molar-refractivity contribution is 5.49. The number of nitrogens with zero attached hydrogens (tertiary/aromatic N) is 1. The van der Waals surface area contributed by atoms with Crippen LogP contribution < -0.4 is 15.0 Å². The van der Waals surface area contributed by atoms with Crippen LogP contribution in [0.3, 0.4) is 0 Å². The summed E-state index contributed by atoms with van der Waals surface area (Å²) in [7, 11) is 6.18. The SMILES string of the molecule is CNC1CCCC1CCOc1cccc(N(C)C)c1. The molecule has 3 heteroatoms. The maximum atomic E-state index is 5.90. The van der Waals surface area contributed by atoms with Crippen molar-refractivity contribution in [2.75, 3.05) is 32.6 Å². The van der Waals surface area contributed by atoms with E-state index in [4.69, 9.17) is 4.74 Å². The van der Waals surface area contributed by atoms with Gasteiger partial charge in [-0.25, -0.2) is 0 Å². The first-order chi connectivity index (χ1) is 9.20. The van der Waals surface area contributed by atoms with Gasteiger partial charge in [-0.3, -0.25) is 0 Å². The Labute approximate surface area is 116 Å². The zero-order chi connectivity index (χ0) is 13.7. The van der Waals surface area contributed by atoms with Crippen molar-refractivity contribution in [3.63, 3.8) is 0 Å². The molecule has 19 heavy (non-hydrogen) atoms. The summed E-state index contributed by atoms with van der Waals surface area (Å²) in [6, 6.07) is 8.98. The molecule has 2 unspecified atom stereocenters. The summed E-state index contributed by atoms with van der Waals surface area (Å²) < 4.78 is 5.90. The Balaban J connectivity index is 1.80. The molecule has 0 amide bonds. The van der Waals surface area contributed by atoms with Crippen molar-refractivity contribution in [2.45, 2.75) is 31.7 Å². The standard InChI is InChI=1S/C16H26N2O/c1-17-16-9-4-6-13(16)10-11-19-15-8-5-7-14(12-15)18(2)3/h5,7-8,12-13,16-17H,4,6,9-11H2,1-3H3. The molecule has 0 spiro atoms. The van der Waals surface area contributed by atoms with Gasteiger partial charge >= 0.3 is 0 Å². The lowest BCUT2D eigenvalue weighted by Gasteiger charge is -2.19. The van der Waals surface area contributed by atoms with Crippen LogP contribution in [-0.2, 0) is 0 Å². The number of ether oxygens (including phenoxy) is 1. The molecule has 0 radical (unpaired) electrons. The van der Waals surface area contributed by atoms with Crippen molar-refractivity contribution >= 4 is 5.69 Å². The minimum atomic E-state index is 0.691. The Bertz CT molecular complexity index is 392. The van der Waals surface area contributed by atoms with Crippen LogP contribution in [0, 0.1) is 5.92 Å². The Kier molecular flexibility index (Phi) is 5.08. The number of hydrogen-bond donors (Lipinski definition) is 1. The molecule has 1 aromatic rings. The maximum absolute atomic E-state index is 5.90. The molecule has 0 saturated heterocycles. The second-order valence-corrected chi connectivity index (χ2v) is 5.62. The van der Waals surface area contributed by atoms with Crippen molar-refractivity contribution in [3.8, 4) is 5.75 Å². The van der Waals surface area contributed by atoms with Gasteiger partial charge in [0.15, 0.2) is 0 Å². The molecule has 1 saturated carbocycles. The third-order valence-corrected chi connectivity index (χ3v) is 4.12. The fraction of sp³-hybridized carbons (Fsp3) is 0.625. The molecule has 2 atom stereocenters. The van der Waals surface area contributed by atoms with Gasteiger partial charge < -0.3 is 15.0 Å². The van der Waals surface area contributed by atoms with Gasteiger partial charge in [-0.05, 0) is 44.4 Å². The Morgan fingerprint density at radius 3 is 2.89 bits per heavy atom. The molecule has 0 aliphatic heterocycles. The minimum Gasteiger partial charge on any atom is -0.494 e. The van der Waals surface area contributed by atoms with E-state index in [0.717, 1.165) is 24.7 Å². The number of hydrogen-bond acceptors (Lipinski definition) is 3. The highest BCUT2D eigenvalue weighted by Crippen LogP contribution is 2.28. The van der Waals surface area contributed by atoms with Crippen LogP contribution >= 0.6 is 0 Å². The zero-order valence-electron chi connectivity index (χ0n) is 12.4. The summed E-state index contributed by atoms with van der Waals surface area (Å²) in [5.41, 5.74) is 1.19. The first kappa shape index (κ1) is 14.2. The zero-order valence-corrected chi connectivity index (χ0v) is 12.4. The first-order valence-electron chi connectivity index (χ1n) is 7.28. The van der Waals surface area contributed by atoms with Gasteiger partial charge in [0.1, 0.15) is 5.75 Å². The smallest absolute Gasteiger partial charge is 0.121 e. The lowest BCUT2D eigenvalue weighted by molar-refractivity contribution is 0.263. The third-order valence-electron chi connectivity index (χ3n) is 4.12. The Morgan fingerprint density at radius 1 is 1.32 bits per heavy atom. The fourth-order valence-electron chi connectivity index (χ4n) is 2.94. The predicted octanol–water partition coefficient (Wildman–Crippen LogP) is 2.91. The molecule has 0 heterocycles. The summed E-state index contributed by atoms with van der Waals surface area (Å²) >= 11 is 0. The van der Waals surface area contributed by atoms with Crippen molar-refractivity contribution in [2.24, 2.45) is 5.92 Å². The van der Waals surface area contributed by atoms with E-state index in [-0.39, 0.29) is 0 Å².